The van der Waals surface area contributed by atoms with Crippen molar-refractivity contribution < 1.29 is 9.53 Å². The van der Waals surface area contributed by atoms with Crippen LogP contribution in [0, 0.1) is 0 Å². The standard InChI is InChI=1S/C23H20N8O2/c1-29-10-14(7-27-29)13-3-4-15-20(11-33-21(15)5-13)30(2)22(32)17-6-16-18(8-26-17)28-23(24)31-12-25-9-19(16)31/h3-10,12,20H,11H2,1-2H3,(H2,24,28)/t20-/m0/s1. The summed E-state index contributed by atoms with van der Waals surface area (Å²) in [7, 11) is 3.65. The number of pyridine rings is 1. The maximum Gasteiger partial charge on any atom is 0.272 e. The van der Waals surface area contributed by atoms with E-state index >= 15 is 0 Å². The molecule has 4 aromatic heterocycles. The molecule has 0 saturated heterocycles. The number of hydrogen-bond acceptors (Lipinski definition) is 7. The zero-order valence-electron chi connectivity index (χ0n) is 18.0. The number of hydrogen-bond donors (Lipinski definition) is 1. The van der Waals surface area contributed by atoms with E-state index in [-0.39, 0.29) is 11.9 Å². The van der Waals surface area contributed by atoms with Crippen molar-refractivity contribution in [2.75, 3.05) is 19.4 Å². The minimum absolute atomic E-state index is 0.204. The van der Waals surface area contributed by atoms with E-state index < -0.39 is 0 Å². The van der Waals surface area contributed by atoms with E-state index in [4.69, 9.17) is 10.5 Å². The molecular weight excluding hydrogens is 420 g/mol. The lowest BCUT2D eigenvalue weighted by Crippen LogP contribution is -2.32. The van der Waals surface area contributed by atoms with Gasteiger partial charge in [0.25, 0.3) is 5.91 Å². The number of nitrogens with two attached hydrogens (primary N) is 1. The fraction of sp³-hybridized carbons (Fsp3) is 0.174. The molecule has 1 amide bonds. The number of benzene rings is 1. The number of aryl methyl sites for hydroxylation is 1. The summed E-state index contributed by atoms with van der Waals surface area (Å²) >= 11 is 0. The number of carbonyl (C=O) groups is 1. The van der Waals surface area contributed by atoms with Gasteiger partial charge in [0.05, 0.1) is 35.7 Å². The van der Waals surface area contributed by atoms with Gasteiger partial charge in [0.1, 0.15) is 24.4 Å². The summed E-state index contributed by atoms with van der Waals surface area (Å²) in [5.74, 6) is 0.885. The highest BCUT2D eigenvalue weighted by molar-refractivity contribution is 6.00. The number of likely N-dealkylation sites (N-methyl/N-ethyl adjacent to an activating group) is 1. The number of fused-ring (bicyclic) bond motifs is 4. The first-order valence-electron chi connectivity index (χ1n) is 10.4. The first-order chi connectivity index (χ1) is 16.0. The van der Waals surface area contributed by atoms with Crippen LogP contribution in [0.25, 0.3) is 27.5 Å². The van der Waals surface area contributed by atoms with Crippen LogP contribution in [-0.4, -0.2) is 53.6 Å². The summed E-state index contributed by atoms with van der Waals surface area (Å²) in [6.45, 7) is 0.382. The van der Waals surface area contributed by atoms with Crippen LogP contribution >= 0.6 is 0 Å². The number of carbonyl (C=O) groups excluding carboxylic acids is 1. The van der Waals surface area contributed by atoms with Crippen LogP contribution in [0.4, 0.5) is 5.95 Å². The highest BCUT2D eigenvalue weighted by Crippen LogP contribution is 2.38. The predicted octanol–water partition coefficient (Wildman–Crippen LogP) is 2.47. The second kappa shape index (κ2) is 7.02. The third-order valence-electron chi connectivity index (χ3n) is 6.09. The largest absolute Gasteiger partial charge is 0.491 e. The number of rotatable bonds is 3. The molecular formula is C23H20N8O2. The Labute approximate surface area is 188 Å². The van der Waals surface area contributed by atoms with E-state index in [9.17, 15) is 4.79 Å². The Morgan fingerprint density at radius 1 is 1.21 bits per heavy atom. The minimum atomic E-state index is -0.215. The van der Waals surface area contributed by atoms with Gasteiger partial charge in [-0.05, 0) is 17.7 Å². The molecule has 0 spiro atoms. The molecule has 1 aliphatic rings. The van der Waals surface area contributed by atoms with Gasteiger partial charge in [-0.3, -0.25) is 13.9 Å². The number of anilines is 1. The fourth-order valence-electron chi connectivity index (χ4n) is 4.30. The second-order valence-corrected chi connectivity index (χ2v) is 8.10. The highest BCUT2D eigenvalue weighted by Gasteiger charge is 2.31. The smallest absolute Gasteiger partial charge is 0.272 e. The van der Waals surface area contributed by atoms with Crippen LogP contribution in [-0.2, 0) is 7.05 Å². The quantitative estimate of drug-likeness (QED) is 0.458. The van der Waals surface area contributed by atoms with E-state index in [1.165, 1.54) is 0 Å². The van der Waals surface area contributed by atoms with Crippen molar-refractivity contribution in [1.82, 2.24) is 34.0 Å². The van der Waals surface area contributed by atoms with Gasteiger partial charge in [0, 0.05) is 36.8 Å². The van der Waals surface area contributed by atoms with Gasteiger partial charge in [0.2, 0.25) is 5.95 Å². The summed E-state index contributed by atoms with van der Waals surface area (Å²) in [4.78, 5) is 27.9. The van der Waals surface area contributed by atoms with E-state index in [0.717, 1.165) is 33.3 Å². The molecule has 0 bridgehead atoms. The third kappa shape index (κ3) is 2.99. The Bertz CT molecular complexity index is 1550. The van der Waals surface area contributed by atoms with Gasteiger partial charge in [-0.2, -0.15) is 5.10 Å². The maximum atomic E-state index is 13.3. The monoisotopic (exact) mass is 440 g/mol. The summed E-state index contributed by atoms with van der Waals surface area (Å²) in [5, 5.41) is 4.99. The average molecular weight is 440 g/mol. The van der Waals surface area contributed by atoms with Gasteiger partial charge in [-0.25, -0.2) is 15.0 Å². The van der Waals surface area contributed by atoms with Gasteiger partial charge in [-0.15, -0.1) is 0 Å². The molecule has 1 atom stereocenters. The minimum Gasteiger partial charge on any atom is -0.491 e. The Balaban J connectivity index is 1.32. The van der Waals surface area contributed by atoms with Gasteiger partial charge >= 0.3 is 0 Å². The molecule has 1 aliphatic heterocycles. The Hall–Kier alpha value is -4.47. The normalized spacial score (nSPS) is 15.0. The fourth-order valence-corrected chi connectivity index (χ4v) is 4.30. The van der Waals surface area contributed by atoms with Crippen LogP contribution in [0.1, 0.15) is 22.1 Å². The van der Waals surface area contributed by atoms with Gasteiger partial charge in [0.15, 0.2) is 0 Å². The number of nitrogen functional groups attached to an aromatic ring is 1. The van der Waals surface area contributed by atoms with Crippen LogP contribution in [0.15, 0.2) is 55.4 Å². The number of imidazole rings is 1. The third-order valence-corrected chi connectivity index (χ3v) is 6.09. The molecule has 0 saturated carbocycles. The predicted molar refractivity (Wildman–Crippen MR) is 122 cm³/mol. The lowest BCUT2D eigenvalue weighted by Gasteiger charge is -2.23. The van der Waals surface area contributed by atoms with Crippen LogP contribution in [0.2, 0.25) is 0 Å². The maximum absolute atomic E-state index is 13.3. The molecule has 2 N–H and O–H groups in total. The lowest BCUT2D eigenvalue weighted by molar-refractivity contribution is 0.0703. The topological polar surface area (TPSA) is 116 Å². The van der Waals surface area contributed by atoms with Gasteiger partial charge < -0.3 is 15.4 Å². The molecule has 0 radical (unpaired) electrons. The van der Waals surface area contributed by atoms with Crippen molar-refractivity contribution in [2.45, 2.75) is 6.04 Å². The van der Waals surface area contributed by atoms with Crippen molar-refractivity contribution in [3.63, 3.8) is 0 Å². The highest BCUT2D eigenvalue weighted by atomic mass is 16.5. The molecule has 33 heavy (non-hydrogen) atoms. The summed E-state index contributed by atoms with van der Waals surface area (Å²) in [6, 6.07) is 7.55. The van der Waals surface area contributed by atoms with E-state index in [0.29, 0.717) is 23.8 Å². The molecule has 10 nitrogen and oxygen atoms in total. The van der Waals surface area contributed by atoms with Crippen molar-refractivity contribution in [2.24, 2.45) is 7.05 Å². The molecule has 5 heterocycles. The van der Waals surface area contributed by atoms with Crippen LogP contribution in [0.5, 0.6) is 5.75 Å². The molecule has 0 unspecified atom stereocenters. The number of ether oxygens (including phenoxy) is 1. The first kappa shape index (κ1) is 19.2. The average Bonchev–Trinajstić information content (AvgIpc) is 3.57. The molecule has 0 fully saturated rings. The zero-order valence-corrected chi connectivity index (χ0v) is 18.0. The lowest BCUT2D eigenvalue weighted by atomic mass is 10.0. The molecule has 0 aliphatic carbocycles. The van der Waals surface area contributed by atoms with Crippen LogP contribution < -0.4 is 10.5 Å². The zero-order chi connectivity index (χ0) is 22.7. The number of aromatic nitrogens is 6. The molecule has 6 rings (SSSR count). The second-order valence-electron chi connectivity index (χ2n) is 8.10. The SMILES string of the molecule is CN(C(=O)c1cc2c(cn1)nc(N)n1cncc21)[C@H]1COc2cc(-c3cnn(C)c3)ccc21. The number of amides is 1. The Morgan fingerprint density at radius 3 is 2.91 bits per heavy atom. The van der Waals surface area contributed by atoms with Crippen molar-refractivity contribution in [3.05, 3.63) is 66.6 Å². The summed E-state index contributed by atoms with van der Waals surface area (Å²) in [6.07, 6.45) is 8.63. The van der Waals surface area contributed by atoms with Crippen LogP contribution in [0.3, 0.4) is 0 Å². The van der Waals surface area contributed by atoms with E-state index in [2.05, 4.69) is 20.1 Å². The molecule has 5 aromatic rings. The molecule has 164 valence electrons. The van der Waals surface area contributed by atoms with E-state index in [1.807, 2.05) is 37.6 Å². The van der Waals surface area contributed by atoms with Crippen molar-refractivity contribution >= 4 is 28.3 Å². The first-order valence-corrected chi connectivity index (χ1v) is 10.4. The summed E-state index contributed by atoms with van der Waals surface area (Å²) in [5.41, 5.74) is 10.7. The number of nitrogens with zero attached hydrogens (tertiary/aromatic N) is 7. The van der Waals surface area contributed by atoms with Gasteiger partial charge in [-0.1, -0.05) is 12.1 Å². The molecule has 1 aromatic carbocycles. The Kier molecular flexibility index (Phi) is 4.09. The van der Waals surface area contributed by atoms with Crippen molar-refractivity contribution in [1.29, 1.82) is 0 Å². The Morgan fingerprint density at radius 2 is 2.09 bits per heavy atom. The van der Waals surface area contributed by atoms with Crippen molar-refractivity contribution in [3.8, 4) is 16.9 Å². The molecule has 10 heteroatoms. The van der Waals surface area contributed by atoms with E-state index in [1.54, 1.807) is 45.8 Å². The summed E-state index contributed by atoms with van der Waals surface area (Å²) < 4.78 is 9.38.